The van der Waals surface area contributed by atoms with Crippen LogP contribution in [0.5, 0.6) is 0 Å². The average molecular weight is 434 g/mol. The monoisotopic (exact) mass is 433 g/mol. The molecule has 3 aromatic rings. The van der Waals surface area contributed by atoms with Crippen molar-refractivity contribution >= 4 is 49.6 Å². The molecule has 2 heterocycles. The predicted molar refractivity (Wildman–Crippen MR) is 110 cm³/mol. The minimum Gasteiger partial charge on any atom is -0.396 e. The molecule has 0 spiro atoms. The molecule has 0 fully saturated rings. The number of hydrogen-bond acceptors (Lipinski definition) is 5. The van der Waals surface area contributed by atoms with Crippen LogP contribution < -0.4 is 5.73 Å². The molecule has 0 aliphatic carbocycles. The first-order valence-electron chi connectivity index (χ1n) is 8.97. The molecule has 144 valence electrons. The van der Waals surface area contributed by atoms with Crippen LogP contribution in [0.15, 0.2) is 22.7 Å². The normalized spacial score (nSPS) is 11.4. The van der Waals surface area contributed by atoms with Gasteiger partial charge in [0, 0.05) is 49.9 Å². The molecule has 0 atom stereocenters. The number of imidazole rings is 1. The van der Waals surface area contributed by atoms with E-state index in [1.54, 1.807) is 19.0 Å². The van der Waals surface area contributed by atoms with Gasteiger partial charge in [-0.05, 0) is 31.0 Å². The molecular formula is C19H24BrN5O2. The van der Waals surface area contributed by atoms with Gasteiger partial charge in [0.05, 0.1) is 11.0 Å². The highest BCUT2D eigenvalue weighted by Crippen LogP contribution is 2.31. The van der Waals surface area contributed by atoms with Crippen LogP contribution in [-0.2, 0) is 17.8 Å². The Morgan fingerprint density at radius 1 is 1.30 bits per heavy atom. The molecule has 0 unspecified atom stereocenters. The predicted octanol–water partition coefficient (Wildman–Crippen LogP) is 2.72. The summed E-state index contributed by atoms with van der Waals surface area (Å²) in [5.41, 5.74) is 8.60. The summed E-state index contributed by atoms with van der Waals surface area (Å²) in [4.78, 5) is 22.7. The molecule has 0 bridgehead atoms. The Hall–Kier alpha value is -2.19. The van der Waals surface area contributed by atoms with Gasteiger partial charge in [0.2, 0.25) is 5.91 Å². The number of carbonyl (C=O) groups excluding carboxylic acids is 1. The molecule has 0 saturated carbocycles. The minimum absolute atomic E-state index is 0.101. The van der Waals surface area contributed by atoms with Gasteiger partial charge >= 0.3 is 0 Å². The van der Waals surface area contributed by atoms with E-state index in [1.807, 2.05) is 18.2 Å². The molecule has 3 N–H and O–H groups in total. The SMILES string of the molecule is CN(C)C(=O)CCCn1c(CCCO)nc2c(N)nc3cc(Br)ccc3c21. The molecule has 0 radical (unpaired) electrons. The number of nitrogens with two attached hydrogens (primary N) is 1. The lowest BCUT2D eigenvalue weighted by atomic mass is 10.2. The molecule has 1 aromatic carbocycles. The Morgan fingerprint density at radius 2 is 2.07 bits per heavy atom. The Balaban J connectivity index is 2.08. The number of carbonyl (C=O) groups is 1. The third kappa shape index (κ3) is 4.06. The zero-order valence-electron chi connectivity index (χ0n) is 15.6. The van der Waals surface area contributed by atoms with Crippen molar-refractivity contribution in [1.29, 1.82) is 0 Å². The first-order valence-corrected chi connectivity index (χ1v) is 9.76. The number of benzene rings is 1. The molecule has 0 aliphatic rings. The van der Waals surface area contributed by atoms with Gasteiger partial charge in [-0.2, -0.15) is 0 Å². The second-order valence-electron chi connectivity index (χ2n) is 6.75. The van der Waals surface area contributed by atoms with E-state index in [0.717, 1.165) is 26.7 Å². The first-order chi connectivity index (χ1) is 12.9. The number of aliphatic hydroxyl groups excluding tert-OH is 1. The Morgan fingerprint density at radius 3 is 2.78 bits per heavy atom. The fraction of sp³-hybridized carbons (Fsp3) is 0.421. The number of aliphatic hydroxyl groups is 1. The van der Waals surface area contributed by atoms with E-state index < -0.39 is 0 Å². The number of aryl methyl sites for hydroxylation is 2. The second-order valence-corrected chi connectivity index (χ2v) is 7.67. The van der Waals surface area contributed by atoms with Gasteiger partial charge in [-0.1, -0.05) is 15.9 Å². The van der Waals surface area contributed by atoms with Crippen LogP contribution in [-0.4, -0.2) is 51.2 Å². The van der Waals surface area contributed by atoms with E-state index in [2.05, 4.69) is 25.5 Å². The third-order valence-corrected chi connectivity index (χ3v) is 5.07. The largest absolute Gasteiger partial charge is 0.396 e. The van der Waals surface area contributed by atoms with E-state index in [-0.39, 0.29) is 12.5 Å². The number of fused-ring (bicyclic) bond motifs is 3. The second kappa shape index (κ2) is 8.22. The van der Waals surface area contributed by atoms with Crippen LogP contribution in [0.4, 0.5) is 5.82 Å². The molecular weight excluding hydrogens is 410 g/mol. The number of aromatic nitrogens is 3. The van der Waals surface area contributed by atoms with E-state index in [0.29, 0.717) is 43.6 Å². The van der Waals surface area contributed by atoms with Crippen molar-refractivity contribution in [2.24, 2.45) is 0 Å². The molecule has 0 saturated heterocycles. The number of halogens is 1. The van der Waals surface area contributed by atoms with Crippen molar-refractivity contribution < 1.29 is 9.90 Å². The fourth-order valence-corrected chi connectivity index (χ4v) is 3.56. The van der Waals surface area contributed by atoms with Crippen molar-refractivity contribution in [2.75, 3.05) is 26.4 Å². The van der Waals surface area contributed by atoms with Crippen LogP contribution >= 0.6 is 15.9 Å². The van der Waals surface area contributed by atoms with Crippen LogP contribution in [0.2, 0.25) is 0 Å². The average Bonchev–Trinajstić information content (AvgIpc) is 2.99. The number of amides is 1. The van der Waals surface area contributed by atoms with Crippen molar-refractivity contribution in [3.8, 4) is 0 Å². The van der Waals surface area contributed by atoms with Crippen LogP contribution in [0.1, 0.15) is 25.1 Å². The van der Waals surface area contributed by atoms with Gasteiger partial charge in [0.1, 0.15) is 11.3 Å². The zero-order chi connectivity index (χ0) is 19.6. The molecule has 0 aliphatic heterocycles. The molecule has 3 rings (SSSR count). The van der Waals surface area contributed by atoms with Gasteiger partial charge in [0.25, 0.3) is 0 Å². The van der Waals surface area contributed by atoms with Crippen molar-refractivity contribution in [2.45, 2.75) is 32.2 Å². The smallest absolute Gasteiger partial charge is 0.222 e. The quantitative estimate of drug-likeness (QED) is 0.596. The van der Waals surface area contributed by atoms with Gasteiger partial charge in [-0.15, -0.1) is 0 Å². The lowest BCUT2D eigenvalue weighted by Gasteiger charge is -2.13. The van der Waals surface area contributed by atoms with Gasteiger partial charge in [-0.25, -0.2) is 9.97 Å². The van der Waals surface area contributed by atoms with Crippen molar-refractivity contribution in [1.82, 2.24) is 19.4 Å². The summed E-state index contributed by atoms with van der Waals surface area (Å²) in [7, 11) is 3.53. The summed E-state index contributed by atoms with van der Waals surface area (Å²) >= 11 is 3.48. The maximum atomic E-state index is 11.9. The highest BCUT2D eigenvalue weighted by atomic mass is 79.9. The summed E-state index contributed by atoms with van der Waals surface area (Å²) in [5, 5.41) is 10.2. The van der Waals surface area contributed by atoms with Gasteiger partial charge in [0.15, 0.2) is 5.82 Å². The lowest BCUT2D eigenvalue weighted by Crippen LogP contribution is -2.21. The number of nitrogen functional groups attached to an aromatic ring is 1. The number of pyridine rings is 1. The van der Waals surface area contributed by atoms with Gasteiger partial charge < -0.3 is 20.3 Å². The summed E-state index contributed by atoms with van der Waals surface area (Å²) in [5.74, 6) is 1.36. The number of anilines is 1. The Kier molecular flexibility index (Phi) is 5.96. The summed E-state index contributed by atoms with van der Waals surface area (Å²) in [6.45, 7) is 0.759. The summed E-state index contributed by atoms with van der Waals surface area (Å²) < 4.78 is 3.06. The third-order valence-electron chi connectivity index (χ3n) is 4.57. The maximum Gasteiger partial charge on any atom is 0.222 e. The minimum atomic E-state index is 0.101. The number of hydrogen-bond donors (Lipinski definition) is 2. The number of nitrogens with zero attached hydrogens (tertiary/aromatic N) is 4. The van der Waals surface area contributed by atoms with Crippen molar-refractivity contribution in [3.05, 3.63) is 28.5 Å². The van der Waals surface area contributed by atoms with E-state index in [1.165, 1.54) is 0 Å². The topological polar surface area (TPSA) is 97.3 Å². The number of rotatable bonds is 7. The molecule has 27 heavy (non-hydrogen) atoms. The van der Waals surface area contributed by atoms with E-state index in [9.17, 15) is 9.90 Å². The van der Waals surface area contributed by atoms with Crippen LogP contribution in [0.3, 0.4) is 0 Å². The Labute approximate surface area is 166 Å². The molecule has 7 nitrogen and oxygen atoms in total. The van der Waals surface area contributed by atoms with Gasteiger partial charge in [-0.3, -0.25) is 4.79 Å². The molecule has 8 heteroatoms. The van der Waals surface area contributed by atoms with E-state index >= 15 is 0 Å². The van der Waals surface area contributed by atoms with Crippen LogP contribution in [0, 0.1) is 0 Å². The zero-order valence-corrected chi connectivity index (χ0v) is 17.2. The van der Waals surface area contributed by atoms with Crippen molar-refractivity contribution in [3.63, 3.8) is 0 Å². The summed E-state index contributed by atoms with van der Waals surface area (Å²) in [6.07, 6.45) is 2.44. The van der Waals surface area contributed by atoms with E-state index in [4.69, 9.17) is 10.7 Å². The molecule has 2 aromatic heterocycles. The maximum absolute atomic E-state index is 11.9. The molecule has 1 amide bonds. The highest BCUT2D eigenvalue weighted by Gasteiger charge is 2.17. The summed E-state index contributed by atoms with van der Waals surface area (Å²) in [6, 6.07) is 5.92. The fourth-order valence-electron chi connectivity index (χ4n) is 3.21. The first kappa shape index (κ1) is 19.6. The highest BCUT2D eigenvalue weighted by molar-refractivity contribution is 9.10. The lowest BCUT2D eigenvalue weighted by molar-refractivity contribution is -0.128. The standard InChI is InChI=1S/C19H24BrN5O2/c1-24(2)16(27)6-3-9-25-15(5-4-10-26)23-17-18(25)13-8-7-12(20)11-14(13)22-19(17)21/h7-8,11,26H,3-6,9-10H2,1-2H3,(H2,21,22). The van der Waals surface area contributed by atoms with Crippen LogP contribution in [0.25, 0.3) is 21.9 Å². The Bertz CT molecular complexity index is 983.